The van der Waals surface area contributed by atoms with Crippen LogP contribution < -0.4 is 5.32 Å². The number of Topliss-reactive ketones (excluding diaryl/α,β-unsaturated/α-hetero) is 1. The highest BCUT2D eigenvalue weighted by Crippen LogP contribution is 2.64. The zero-order chi connectivity index (χ0) is 47.2. The van der Waals surface area contributed by atoms with Crippen molar-refractivity contribution in [2.24, 2.45) is 21.9 Å². The molecule has 1 saturated heterocycles. The van der Waals surface area contributed by atoms with Crippen LogP contribution in [0.15, 0.2) is 76.9 Å². The van der Waals surface area contributed by atoms with Crippen molar-refractivity contribution in [2.45, 2.75) is 128 Å². The monoisotopic (exact) mass is 890 g/mol. The topological polar surface area (TPSA) is 279 Å². The smallest absolute Gasteiger partial charge is 0.408 e. The molecule has 4 aliphatic rings. The van der Waals surface area contributed by atoms with Gasteiger partial charge < -0.3 is 49.1 Å². The van der Waals surface area contributed by atoms with Crippen LogP contribution in [0.1, 0.15) is 90.2 Å². The molecule has 0 unspecified atom stereocenters. The molecule has 2 saturated carbocycles. The molecule has 2 bridgehead atoms. The molecule has 1 aliphatic heterocycles. The second-order valence-electron chi connectivity index (χ2n) is 18.4. The van der Waals surface area contributed by atoms with E-state index >= 15 is 4.79 Å². The highest BCUT2D eigenvalue weighted by Gasteiger charge is 2.78. The molecule has 19 heteroatoms. The number of hydrogen-bond donors (Lipinski definition) is 4. The summed E-state index contributed by atoms with van der Waals surface area (Å²) in [6.45, 7) is 10.2. The van der Waals surface area contributed by atoms with Crippen LogP contribution in [0.3, 0.4) is 0 Å². The molecule has 0 aromatic heterocycles. The number of esters is 4. The summed E-state index contributed by atoms with van der Waals surface area (Å²) < 4.78 is 35.6. The fourth-order valence-electron chi connectivity index (χ4n) is 9.92. The summed E-state index contributed by atoms with van der Waals surface area (Å²) in [5.41, 5.74) is 0.187. The number of carbonyl (C=O) groups is 6. The zero-order valence-corrected chi connectivity index (χ0v) is 36.8. The molecule has 3 fully saturated rings. The number of nitrogens with one attached hydrogen (secondary N) is 1. The van der Waals surface area contributed by atoms with Crippen LogP contribution in [0.2, 0.25) is 0 Å². The van der Waals surface area contributed by atoms with E-state index in [4.69, 9.17) is 28.4 Å². The number of azide groups is 1. The standard InChI is InChI=1S/C45H54N4O15/c1-23(50)60-34-31-27(21-47-49-46)28(61-39(56)33(53)32(25-15-11-9-12-16-25)48-40(57)64-41(3,4)5)20-45(58,42(31,6)7)37(62-38(55)26-17-13-10-14-18-26)35-43(8,36(34)54)29(52)19-30-44(35,22-59-30)63-24(2)51/h9-18,28-30,32-35,37,52-53,58H,19-22H2,1-8H3,(H,48,57)/t28-,29-,30+,32-,33+,34+,35-,37-,43+,44-,45+/m0/s1. The highest BCUT2D eigenvalue weighted by atomic mass is 16.6. The van der Waals surface area contributed by atoms with Crippen molar-refractivity contribution < 1.29 is 72.5 Å². The Balaban J connectivity index is 1.60. The maximum absolute atomic E-state index is 15.6. The Bertz CT molecular complexity index is 2260. The number of aliphatic hydroxyl groups is 3. The Morgan fingerprint density at radius 2 is 1.59 bits per heavy atom. The summed E-state index contributed by atoms with van der Waals surface area (Å²) in [6.07, 6.45) is -12.6. The van der Waals surface area contributed by atoms with Crippen LogP contribution in [0.25, 0.3) is 10.4 Å². The van der Waals surface area contributed by atoms with Gasteiger partial charge in [-0.15, -0.1) is 0 Å². The molecule has 2 aromatic carbocycles. The number of fused-ring (bicyclic) bond motifs is 5. The predicted molar refractivity (Wildman–Crippen MR) is 221 cm³/mol. The minimum atomic E-state index is -2.54. The second-order valence-corrected chi connectivity index (χ2v) is 18.4. The lowest BCUT2D eigenvalue weighted by molar-refractivity contribution is -0.346. The van der Waals surface area contributed by atoms with Gasteiger partial charge in [0.2, 0.25) is 0 Å². The normalized spacial score (nSPS) is 31.3. The van der Waals surface area contributed by atoms with Crippen LogP contribution in [0, 0.1) is 16.7 Å². The molecule has 0 spiro atoms. The lowest BCUT2D eigenvalue weighted by Crippen LogP contribution is -2.82. The fraction of sp³-hybridized carbons (Fsp3) is 0.556. The number of amides is 1. The number of ketones is 1. The maximum atomic E-state index is 15.6. The first kappa shape index (κ1) is 47.6. The number of nitrogens with zero attached hydrogens (tertiary/aromatic N) is 3. The van der Waals surface area contributed by atoms with E-state index < -0.39 is 125 Å². The Hall–Kier alpha value is -5.85. The molecular weight excluding hydrogens is 837 g/mol. The Kier molecular flexibility index (Phi) is 13.1. The first-order valence-corrected chi connectivity index (χ1v) is 20.8. The Morgan fingerprint density at radius 1 is 0.969 bits per heavy atom. The third-order valence-corrected chi connectivity index (χ3v) is 13.0. The van der Waals surface area contributed by atoms with Gasteiger partial charge in [-0.3, -0.25) is 14.4 Å². The summed E-state index contributed by atoms with van der Waals surface area (Å²) in [5, 5.41) is 43.9. The van der Waals surface area contributed by atoms with E-state index in [1.165, 1.54) is 45.0 Å². The fourth-order valence-corrected chi connectivity index (χ4v) is 9.92. The summed E-state index contributed by atoms with van der Waals surface area (Å²) >= 11 is 0. The molecule has 6 rings (SSSR count). The third-order valence-electron chi connectivity index (χ3n) is 13.0. The SMILES string of the molecule is CC(=O)O[C@H]1C(=O)[C@@]2(C)[C@H]([C@H](OC(=O)c3ccccc3)[C@]3(O)C[C@H](OC(=O)[C@H](O)[C@@H](NC(=O)OC(C)(C)C)c4ccccc4)C(CN=[N+]=[N-])=C1C3(C)C)[C@]1(OC(C)=O)CO[C@@H]1C[C@@H]2O. The van der Waals surface area contributed by atoms with E-state index in [1.807, 2.05) is 0 Å². The number of rotatable bonds is 11. The molecule has 0 radical (unpaired) electrons. The third kappa shape index (κ3) is 8.45. The van der Waals surface area contributed by atoms with Gasteiger partial charge in [0.25, 0.3) is 0 Å². The van der Waals surface area contributed by atoms with Crippen molar-refractivity contribution in [3.8, 4) is 0 Å². The van der Waals surface area contributed by atoms with Gasteiger partial charge in [0.15, 0.2) is 23.6 Å². The molecule has 64 heavy (non-hydrogen) atoms. The summed E-state index contributed by atoms with van der Waals surface area (Å²) in [6, 6.07) is 14.1. The average molecular weight is 891 g/mol. The molecule has 2 aromatic rings. The molecule has 4 N–H and O–H groups in total. The molecule has 19 nitrogen and oxygen atoms in total. The predicted octanol–water partition coefficient (Wildman–Crippen LogP) is 4.12. The van der Waals surface area contributed by atoms with Crippen molar-refractivity contribution in [3.05, 3.63) is 93.4 Å². The quantitative estimate of drug-likeness (QED) is 0.0617. The van der Waals surface area contributed by atoms with E-state index in [0.29, 0.717) is 0 Å². The van der Waals surface area contributed by atoms with E-state index in [9.17, 15) is 44.8 Å². The van der Waals surface area contributed by atoms with Gasteiger partial charge in [-0.25, -0.2) is 14.4 Å². The number of alkyl carbamates (subject to hydrolysis) is 1. The van der Waals surface area contributed by atoms with Crippen molar-refractivity contribution in [1.29, 1.82) is 0 Å². The van der Waals surface area contributed by atoms with E-state index in [1.54, 1.807) is 57.2 Å². The summed E-state index contributed by atoms with van der Waals surface area (Å²) in [7, 11) is 0. The molecule has 1 heterocycles. The van der Waals surface area contributed by atoms with Gasteiger partial charge in [-0.1, -0.05) is 67.5 Å². The van der Waals surface area contributed by atoms with Gasteiger partial charge in [0.1, 0.15) is 29.5 Å². The number of aliphatic hydroxyl groups excluding tert-OH is 2. The number of benzene rings is 2. The van der Waals surface area contributed by atoms with Gasteiger partial charge in [-0.2, -0.15) is 0 Å². The van der Waals surface area contributed by atoms with Crippen LogP contribution >= 0.6 is 0 Å². The van der Waals surface area contributed by atoms with Crippen molar-refractivity contribution in [3.63, 3.8) is 0 Å². The number of hydrogen-bond acceptors (Lipinski definition) is 16. The summed E-state index contributed by atoms with van der Waals surface area (Å²) in [5.74, 6) is -6.80. The molecule has 11 atom stereocenters. The number of ether oxygens (including phenoxy) is 6. The largest absolute Gasteiger partial charge is 0.456 e. The maximum Gasteiger partial charge on any atom is 0.408 e. The van der Waals surface area contributed by atoms with Gasteiger partial charge in [0, 0.05) is 37.0 Å². The van der Waals surface area contributed by atoms with Crippen molar-refractivity contribution in [2.75, 3.05) is 13.2 Å². The second kappa shape index (κ2) is 17.6. The van der Waals surface area contributed by atoms with E-state index in [0.717, 1.165) is 13.8 Å². The Morgan fingerprint density at radius 3 is 2.14 bits per heavy atom. The molecule has 1 amide bonds. The highest BCUT2D eigenvalue weighted by molar-refractivity contribution is 5.95. The van der Waals surface area contributed by atoms with Crippen molar-refractivity contribution in [1.82, 2.24) is 5.32 Å². The molecular formula is C45H54N4O15. The van der Waals surface area contributed by atoms with E-state index in [-0.39, 0.29) is 35.3 Å². The molecule has 344 valence electrons. The van der Waals surface area contributed by atoms with Crippen LogP contribution in [-0.4, -0.2) is 118 Å². The van der Waals surface area contributed by atoms with E-state index in [2.05, 4.69) is 15.3 Å². The summed E-state index contributed by atoms with van der Waals surface area (Å²) in [4.78, 5) is 86.4. The Labute approximate surface area is 369 Å². The first-order valence-electron chi connectivity index (χ1n) is 20.8. The minimum absolute atomic E-state index is 0.0160. The minimum Gasteiger partial charge on any atom is -0.456 e. The zero-order valence-electron chi connectivity index (χ0n) is 36.8. The average Bonchev–Trinajstić information content (AvgIpc) is 3.21. The van der Waals surface area contributed by atoms with Crippen molar-refractivity contribution >= 4 is 35.8 Å². The number of carbonyl (C=O) groups excluding carboxylic acids is 6. The lowest BCUT2D eigenvalue weighted by Gasteiger charge is -2.67. The first-order chi connectivity index (χ1) is 29.9. The van der Waals surface area contributed by atoms with Gasteiger partial charge in [-0.05, 0) is 62.1 Å². The van der Waals surface area contributed by atoms with Crippen LogP contribution in [0.4, 0.5) is 4.79 Å². The molecule has 3 aliphatic carbocycles. The van der Waals surface area contributed by atoms with Gasteiger partial charge in [0.05, 0.1) is 42.2 Å². The van der Waals surface area contributed by atoms with Crippen LogP contribution in [-0.2, 0) is 47.6 Å². The lowest BCUT2D eigenvalue weighted by atomic mass is 9.44. The van der Waals surface area contributed by atoms with Crippen LogP contribution in [0.5, 0.6) is 0 Å². The van der Waals surface area contributed by atoms with Gasteiger partial charge >= 0.3 is 30.0 Å².